The predicted octanol–water partition coefficient (Wildman–Crippen LogP) is 4.59. The molecule has 1 aromatic heterocycles. The minimum atomic E-state index is -4.67. The van der Waals surface area contributed by atoms with Crippen LogP contribution < -0.4 is 0 Å². The van der Waals surface area contributed by atoms with Crippen LogP contribution in [0.4, 0.5) is 13.2 Å². The van der Waals surface area contributed by atoms with E-state index < -0.39 is 34.2 Å². The average molecular weight is 466 g/mol. The van der Waals surface area contributed by atoms with Gasteiger partial charge in [-0.2, -0.15) is 18.3 Å². The summed E-state index contributed by atoms with van der Waals surface area (Å²) in [5, 5.41) is 3.53. The molecule has 2 aromatic carbocycles. The molecule has 10 heteroatoms. The third-order valence-electron chi connectivity index (χ3n) is 4.74. The summed E-state index contributed by atoms with van der Waals surface area (Å²) in [5.41, 5.74) is 0.757. The zero-order valence-electron chi connectivity index (χ0n) is 17.4. The van der Waals surface area contributed by atoms with Crippen molar-refractivity contribution in [2.24, 2.45) is 0 Å². The molecule has 0 aliphatic heterocycles. The largest absolute Gasteiger partial charge is 0.465 e. The molecule has 1 heterocycles. The van der Waals surface area contributed by atoms with Crippen molar-refractivity contribution in [1.82, 2.24) is 9.78 Å². The highest BCUT2D eigenvalue weighted by atomic mass is 32.2. The first kappa shape index (κ1) is 23.5. The summed E-state index contributed by atoms with van der Waals surface area (Å²) in [4.78, 5) is 12.0. The van der Waals surface area contributed by atoms with Gasteiger partial charge in [-0.3, -0.25) is 9.48 Å². The Morgan fingerprint density at radius 2 is 1.66 bits per heavy atom. The summed E-state index contributed by atoms with van der Waals surface area (Å²) in [5.74, 6) is -0.724. The van der Waals surface area contributed by atoms with Crippen LogP contribution in [-0.4, -0.2) is 36.5 Å². The molecule has 0 saturated heterocycles. The second-order valence-corrected chi connectivity index (χ2v) is 9.16. The number of benzene rings is 2. The van der Waals surface area contributed by atoms with Crippen LogP contribution in [-0.2, 0) is 32.1 Å². The number of hydrogen-bond donors (Lipinski definition) is 0. The molecule has 0 aliphatic carbocycles. The topological polar surface area (TPSA) is 78.3 Å². The Morgan fingerprint density at radius 3 is 2.25 bits per heavy atom. The fourth-order valence-electron chi connectivity index (χ4n) is 3.11. The summed E-state index contributed by atoms with van der Waals surface area (Å²) in [6.45, 7) is 2.80. The molecule has 0 aliphatic rings. The monoisotopic (exact) mass is 466 g/mol. The van der Waals surface area contributed by atoms with E-state index in [1.165, 1.54) is 6.07 Å². The van der Waals surface area contributed by atoms with Crippen LogP contribution >= 0.6 is 0 Å². The van der Waals surface area contributed by atoms with Crippen LogP contribution in [0.2, 0.25) is 0 Å². The Balaban J connectivity index is 1.98. The van der Waals surface area contributed by atoms with Gasteiger partial charge < -0.3 is 4.74 Å². The molecule has 3 rings (SSSR count). The first-order valence-electron chi connectivity index (χ1n) is 9.79. The van der Waals surface area contributed by atoms with Gasteiger partial charge in [-0.05, 0) is 41.8 Å². The zero-order valence-corrected chi connectivity index (χ0v) is 18.2. The first-order chi connectivity index (χ1) is 15.0. The molecule has 0 bridgehead atoms. The number of carbonyl (C=O) groups excluding carboxylic acids is 1. The van der Waals surface area contributed by atoms with E-state index >= 15 is 0 Å². The molecule has 32 heavy (non-hydrogen) atoms. The molecule has 0 unspecified atom stereocenters. The summed E-state index contributed by atoms with van der Waals surface area (Å²) >= 11 is 0. The van der Waals surface area contributed by atoms with Crippen molar-refractivity contribution in [1.29, 1.82) is 0 Å². The number of alkyl halides is 3. The summed E-state index contributed by atoms with van der Waals surface area (Å²) in [6, 6.07) is 13.9. The van der Waals surface area contributed by atoms with Gasteiger partial charge in [0.25, 0.3) is 0 Å². The van der Waals surface area contributed by atoms with E-state index in [1.54, 1.807) is 56.3 Å². The van der Waals surface area contributed by atoms with Crippen LogP contribution in [0, 0.1) is 0 Å². The van der Waals surface area contributed by atoms with Crippen molar-refractivity contribution in [3.8, 4) is 22.4 Å². The number of halogens is 3. The average Bonchev–Trinajstić information content (AvgIpc) is 3.18. The molecule has 0 saturated carbocycles. The fourth-order valence-corrected chi connectivity index (χ4v) is 4.03. The van der Waals surface area contributed by atoms with Gasteiger partial charge in [0.15, 0.2) is 15.5 Å². The second-order valence-electron chi connectivity index (χ2n) is 6.88. The molecule has 170 valence electrons. The Hall–Kier alpha value is -3.14. The molecule has 0 fully saturated rings. The second kappa shape index (κ2) is 9.15. The van der Waals surface area contributed by atoms with Gasteiger partial charge in [0, 0.05) is 0 Å². The molecule has 0 atom stereocenters. The van der Waals surface area contributed by atoms with E-state index in [1.807, 2.05) is 0 Å². The van der Waals surface area contributed by atoms with E-state index in [0.29, 0.717) is 16.7 Å². The van der Waals surface area contributed by atoms with Crippen LogP contribution in [0.3, 0.4) is 0 Å². The van der Waals surface area contributed by atoms with Gasteiger partial charge >= 0.3 is 12.1 Å². The molecule has 0 radical (unpaired) electrons. The summed E-state index contributed by atoms with van der Waals surface area (Å²) in [6.07, 6.45) is -4.67. The zero-order chi connectivity index (χ0) is 23.5. The number of esters is 1. The van der Waals surface area contributed by atoms with Crippen LogP contribution in [0.1, 0.15) is 19.5 Å². The minimum absolute atomic E-state index is 0.0264. The van der Waals surface area contributed by atoms with Gasteiger partial charge in [-0.25, -0.2) is 8.42 Å². The van der Waals surface area contributed by atoms with Crippen molar-refractivity contribution in [3.63, 3.8) is 0 Å². The Labute approximate surface area is 183 Å². The van der Waals surface area contributed by atoms with E-state index in [2.05, 4.69) is 5.10 Å². The number of aromatic nitrogens is 2. The lowest BCUT2D eigenvalue weighted by Crippen LogP contribution is -2.16. The maximum atomic E-state index is 13.2. The normalized spacial score (nSPS) is 12.0. The summed E-state index contributed by atoms with van der Waals surface area (Å²) in [7, 11) is -3.37. The smallest absolute Gasteiger partial charge is 0.435 e. The number of ether oxygens (including phenoxy) is 1. The van der Waals surface area contributed by atoms with Gasteiger partial charge in [0.1, 0.15) is 6.54 Å². The Bertz CT molecular complexity index is 1220. The molecule has 6 nitrogen and oxygen atoms in total. The predicted molar refractivity (Wildman–Crippen MR) is 112 cm³/mol. The minimum Gasteiger partial charge on any atom is -0.465 e. The van der Waals surface area contributed by atoms with Crippen LogP contribution in [0.25, 0.3) is 22.4 Å². The van der Waals surface area contributed by atoms with Crippen molar-refractivity contribution in [2.45, 2.75) is 31.5 Å². The number of carbonyl (C=O) groups is 1. The summed E-state index contributed by atoms with van der Waals surface area (Å²) < 4.78 is 69.6. The lowest BCUT2D eigenvalue weighted by molar-refractivity contribution is -0.146. The molecular formula is C22H21F3N2O4S. The number of sulfone groups is 1. The maximum absolute atomic E-state index is 13.2. The fraction of sp³-hybridized carbons (Fsp3) is 0.273. The Kier molecular flexibility index (Phi) is 6.73. The van der Waals surface area contributed by atoms with Gasteiger partial charge in [0.2, 0.25) is 0 Å². The van der Waals surface area contributed by atoms with E-state index in [-0.39, 0.29) is 22.9 Å². The van der Waals surface area contributed by atoms with E-state index in [9.17, 15) is 26.4 Å². The third-order valence-corrected chi connectivity index (χ3v) is 6.47. The maximum Gasteiger partial charge on any atom is 0.435 e. The molecular weight excluding hydrogens is 445 g/mol. The SMILES string of the molecule is CCOC(=O)Cn1nc(C(F)(F)F)cc1-c1ccc(-c2cccc(S(=O)(=O)CC)c2)cc1. The van der Waals surface area contributed by atoms with E-state index in [0.717, 1.165) is 10.7 Å². The highest BCUT2D eigenvalue weighted by molar-refractivity contribution is 7.91. The van der Waals surface area contributed by atoms with Crippen molar-refractivity contribution >= 4 is 15.8 Å². The van der Waals surface area contributed by atoms with Gasteiger partial charge in [-0.15, -0.1) is 0 Å². The number of rotatable bonds is 7. The van der Waals surface area contributed by atoms with Crippen molar-refractivity contribution in [2.75, 3.05) is 12.4 Å². The quantitative estimate of drug-likeness (QED) is 0.476. The van der Waals surface area contributed by atoms with Crippen LogP contribution in [0.15, 0.2) is 59.5 Å². The van der Waals surface area contributed by atoms with E-state index in [4.69, 9.17) is 4.74 Å². The number of nitrogens with zero attached hydrogens (tertiary/aromatic N) is 2. The lowest BCUT2D eigenvalue weighted by atomic mass is 10.0. The van der Waals surface area contributed by atoms with Crippen LogP contribution in [0.5, 0.6) is 0 Å². The van der Waals surface area contributed by atoms with Gasteiger partial charge in [0.05, 0.1) is 22.9 Å². The van der Waals surface area contributed by atoms with Crippen molar-refractivity contribution in [3.05, 3.63) is 60.3 Å². The lowest BCUT2D eigenvalue weighted by Gasteiger charge is -2.09. The Morgan fingerprint density at radius 1 is 1.00 bits per heavy atom. The standard InChI is InChI=1S/C22H21F3N2O4S/c1-3-31-21(28)14-27-19(13-20(26-27)22(23,24)25)16-10-8-15(9-11-16)17-6-5-7-18(12-17)32(29,30)4-2/h5-13H,3-4,14H2,1-2H3. The third kappa shape index (κ3) is 5.18. The molecule has 0 N–H and O–H groups in total. The van der Waals surface area contributed by atoms with Gasteiger partial charge in [-0.1, -0.05) is 43.3 Å². The van der Waals surface area contributed by atoms with Crippen molar-refractivity contribution < 1.29 is 31.1 Å². The molecule has 0 amide bonds. The highest BCUT2D eigenvalue weighted by Gasteiger charge is 2.35. The molecule has 3 aromatic rings. The highest BCUT2D eigenvalue weighted by Crippen LogP contribution is 2.33. The first-order valence-corrected chi connectivity index (χ1v) is 11.4. The number of hydrogen-bond acceptors (Lipinski definition) is 5. The molecule has 0 spiro atoms.